The quantitative estimate of drug-likeness (QED) is 0.832. The van der Waals surface area contributed by atoms with Crippen molar-refractivity contribution in [1.29, 1.82) is 0 Å². The second-order valence-corrected chi connectivity index (χ2v) is 4.62. The minimum atomic E-state index is -0.823. The fourth-order valence-corrected chi connectivity index (χ4v) is 1.82. The highest BCUT2D eigenvalue weighted by molar-refractivity contribution is 9.10. The van der Waals surface area contributed by atoms with E-state index >= 15 is 0 Å². The number of nitrogens with one attached hydrogen (secondary N) is 1. The summed E-state index contributed by atoms with van der Waals surface area (Å²) in [7, 11) is 0. The van der Waals surface area contributed by atoms with Gasteiger partial charge in [-0.2, -0.15) is 0 Å². The van der Waals surface area contributed by atoms with Crippen LogP contribution in [0.1, 0.15) is 0 Å². The number of amides is 3. The number of benzene rings is 1. The second kappa shape index (κ2) is 5.77. The minimum absolute atomic E-state index is 0.171. The van der Waals surface area contributed by atoms with Crippen LogP contribution < -0.4 is 11.1 Å². The molecule has 6 heteroatoms. The molecule has 0 aliphatic carbocycles. The Morgan fingerprint density at radius 1 is 1.33 bits per heavy atom. The van der Waals surface area contributed by atoms with E-state index in [2.05, 4.69) is 15.9 Å². The molecule has 0 unspecified atom stereocenters. The van der Waals surface area contributed by atoms with E-state index in [1.165, 1.54) is 11.8 Å². The van der Waals surface area contributed by atoms with Gasteiger partial charge < -0.3 is 5.73 Å². The Kier molecular flexibility index (Phi) is 4.64. The van der Waals surface area contributed by atoms with E-state index in [0.29, 0.717) is 0 Å². The summed E-state index contributed by atoms with van der Waals surface area (Å²) in [4.78, 5) is 22.3. The highest BCUT2D eigenvalue weighted by Crippen LogP contribution is 2.20. The van der Waals surface area contributed by atoms with Gasteiger partial charge in [0.05, 0.1) is 5.75 Å². The highest BCUT2D eigenvalue weighted by Gasteiger charge is 2.04. The van der Waals surface area contributed by atoms with Gasteiger partial charge in [0.15, 0.2) is 0 Å². The second-order valence-electron chi connectivity index (χ2n) is 2.66. The van der Waals surface area contributed by atoms with Gasteiger partial charge in [-0.3, -0.25) is 10.1 Å². The Bertz CT molecular complexity index is 367. The summed E-state index contributed by atoms with van der Waals surface area (Å²) < 4.78 is 0.980. The molecule has 0 saturated carbocycles. The number of nitrogens with two attached hydrogens (primary N) is 1. The predicted molar refractivity (Wildman–Crippen MR) is 62.6 cm³/mol. The van der Waals surface area contributed by atoms with Crippen LogP contribution in [0.3, 0.4) is 0 Å². The maximum atomic E-state index is 11.1. The van der Waals surface area contributed by atoms with Gasteiger partial charge >= 0.3 is 6.03 Å². The van der Waals surface area contributed by atoms with E-state index in [-0.39, 0.29) is 5.75 Å². The Balaban J connectivity index is 2.40. The molecule has 0 bridgehead atoms. The van der Waals surface area contributed by atoms with Gasteiger partial charge in [-0.1, -0.05) is 15.9 Å². The van der Waals surface area contributed by atoms with Crippen molar-refractivity contribution >= 4 is 39.6 Å². The number of hydrogen-bond acceptors (Lipinski definition) is 3. The molecule has 1 aromatic carbocycles. The summed E-state index contributed by atoms with van der Waals surface area (Å²) in [6, 6.07) is 6.71. The molecule has 80 valence electrons. The number of hydrogen-bond donors (Lipinski definition) is 2. The van der Waals surface area contributed by atoms with Gasteiger partial charge in [0, 0.05) is 9.37 Å². The van der Waals surface area contributed by atoms with E-state index in [0.717, 1.165) is 9.37 Å². The lowest BCUT2D eigenvalue weighted by Gasteiger charge is -2.01. The Morgan fingerprint density at radius 3 is 2.47 bits per heavy atom. The molecule has 0 radical (unpaired) electrons. The van der Waals surface area contributed by atoms with Crippen molar-refractivity contribution in [2.45, 2.75) is 4.90 Å². The minimum Gasteiger partial charge on any atom is -0.351 e. The number of rotatable bonds is 3. The number of primary amides is 1. The maximum absolute atomic E-state index is 11.1. The molecule has 4 nitrogen and oxygen atoms in total. The number of imide groups is 1. The Labute approximate surface area is 99.7 Å². The summed E-state index contributed by atoms with van der Waals surface area (Å²) in [5, 5.41) is 1.99. The standard InChI is InChI=1S/C9H9BrN2O2S/c10-6-1-3-7(4-2-6)15-5-8(13)12-9(11)14/h1-4H,5H2,(H3,11,12,13,14). The van der Waals surface area contributed by atoms with Crippen molar-refractivity contribution in [3.05, 3.63) is 28.7 Å². The molecular formula is C9H9BrN2O2S. The molecule has 0 fully saturated rings. The number of urea groups is 1. The summed E-state index contributed by atoms with van der Waals surface area (Å²) >= 11 is 4.65. The fourth-order valence-electron chi connectivity index (χ4n) is 0.853. The monoisotopic (exact) mass is 288 g/mol. The lowest BCUT2D eigenvalue weighted by Crippen LogP contribution is -2.36. The maximum Gasteiger partial charge on any atom is 0.318 e. The largest absolute Gasteiger partial charge is 0.351 e. The van der Waals surface area contributed by atoms with Gasteiger partial charge in [0.2, 0.25) is 5.91 Å². The third kappa shape index (κ3) is 4.85. The lowest BCUT2D eigenvalue weighted by atomic mass is 10.4. The Hall–Kier alpha value is -1.01. The first-order chi connectivity index (χ1) is 7.08. The van der Waals surface area contributed by atoms with Crippen LogP contribution in [0.4, 0.5) is 4.79 Å². The molecule has 0 aromatic heterocycles. The van der Waals surface area contributed by atoms with Crippen LogP contribution in [0.5, 0.6) is 0 Å². The van der Waals surface area contributed by atoms with E-state index in [1.54, 1.807) is 0 Å². The van der Waals surface area contributed by atoms with Crippen molar-refractivity contribution in [1.82, 2.24) is 5.32 Å². The molecule has 15 heavy (non-hydrogen) atoms. The SMILES string of the molecule is NC(=O)NC(=O)CSc1ccc(Br)cc1. The summed E-state index contributed by atoms with van der Waals surface area (Å²) in [6.07, 6.45) is 0. The van der Waals surface area contributed by atoms with Crippen molar-refractivity contribution < 1.29 is 9.59 Å². The first-order valence-corrected chi connectivity index (χ1v) is 5.83. The zero-order chi connectivity index (χ0) is 11.3. The van der Waals surface area contributed by atoms with Crippen molar-refractivity contribution in [2.24, 2.45) is 5.73 Å². The van der Waals surface area contributed by atoms with Gasteiger partial charge in [-0.25, -0.2) is 4.79 Å². The third-order valence-corrected chi connectivity index (χ3v) is 2.99. The average Bonchev–Trinajstić information content (AvgIpc) is 2.16. The van der Waals surface area contributed by atoms with E-state index in [1.807, 2.05) is 29.6 Å². The van der Waals surface area contributed by atoms with Gasteiger partial charge in [0.25, 0.3) is 0 Å². The fraction of sp³-hybridized carbons (Fsp3) is 0.111. The number of carbonyl (C=O) groups excluding carboxylic acids is 2. The van der Waals surface area contributed by atoms with Crippen molar-refractivity contribution in [3.63, 3.8) is 0 Å². The first kappa shape index (κ1) is 12.1. The van der Waals surface area contributed by atoms with Crippen LogP contribution in [0.2, 0.25) is 0 Å². The average molecular weight is 289 g/mol. The highest BCUT2D eigenvalue weighted by atomic mass is 79.9. The molecule has 1 aromatic rings. The molecule has 0 saturated heterocycles. The van der Waals surface area contributed by atoms with Crippen LogP contribution in [-0.4, -0.2) is 17.7 Å². The van der Waals surface area contributed by atoms with Crippen molar-refractivity contribution in [2.75, 3.05) is 5.75 Å². The smallest absolute Gasteiger partial charge is 0.318 e. The molecule has 1 rings (SSSR count). The van der Waals surface area contributed by atoms with E-state index in [4.69, 9.17) is 5.73 Å². The number of halogens is 1. The normalized spacial score (nSPS) is 9.67. The van der Waals surface area contributed by atoms with Gasteiger partial charge in [0.1, 0.15) is 0 Å². The molecule has 3 N–H and O–H groups in total. The van der Waals surface area contributed by atoms with Crippen LogP contribution in [0.15, 0.2) is 33.6 Å². The van der Waals surface area contributed by atoms with Gasteiger partial charge in [-0.05, 0) is 24.3 Å². The zero-order valence-electron chi connectivity index (χ0n) is 7.70. The van der Waals surface area contributed by atoms with Crippen LogP contribution in [0, 0.1) is 0 Å². The van der Waals surface area contributed by atoms with Crippen molar-refractivity contribution in [3.8, 4) is 0 Å². The summed E-state index contributed by atoms with van der Waals surface area (Å²) in [5.74, 6) is -0.222. The van der Waals surface area contributed by atoms with E-state index in [9.17, 15) is 9.59 Å². The predicted octanol–water partition coefficient (Wildman–Crippen LogP) is 1.74. The number of carbonyl (C=O) groups is 2. The van der Waals surface area contributed by atoms with Crippen LogP contribution in [-0.2, 0) is 4.79 Å². The zero-order valence-corrected chi connectivity index (χ0v) is 10.1. The van der Waals surface area contributed by atoms with Gasteiger partial charge in [-0.15, -0.1) is 11.8 Å². The van der Waals surface area contributed by atoms with Crippen LogP contribution in [0.25, 0.3) is 0 Å². The molecule has 3 amide bonds. The molecule has 0 spiro atoms. The summed E-state index contributed by atoms with van der Waals surface area (Å²) in [5.41, 5.74) is 4.80. The number of thioether (sulfide) groups is 1. The Morgan fingerprint density at radius 2 is 1.93 bits per heavy atom. The third-order valence-electron chi connectivity index (χ3n) is 1.45. The molecule has 0 aliphatic rings. The topological polar surface area (TPSA) is 72.2 Å². The molecule has 0 atom stereocenters. The van der Waals surface area contributed by atoms with Crippen LogP contribution >= 0.6 is 27.7 Å². The molecule has 0 heterocycles. The lowest BCUT2D eigenvalue weighted by molar-refractivity contribution is -0.117. The summed E-state index contributed by atoms with van der Waals surface area (Å²) in [6.45, 7) is 0. The first-order valence-electron chi connectivity index (χ1n) is 4.05. The van der Waals surface area contributed by atoms with E-state index < -0.39 is 11.9 Å². The molecular weight excluding hydrogens is 280 g/mol. The molecule has 0 aliphatic heterocycles.